The van der Waals surface area contributed by atoms with Gasteiger partial charge in [0.2, 0.25) is 0 Å². The second-order valence-corrected chi connectivity index (χ2v) is 9.15. The molecule has 0 aliphatic heterocycles. The molecule has 0 spiro atoms. The Balaban J connectivity index is 1.27. The van der Waals surface area contributed by atoms with Crippen molar-refractivity contribution in [2.45, 2.75) is 0 Å². The summed E-state index contributed by atoms with van der Waals surface area (Å²) in [4.78, 5) is 9.25. The molecule has 0 fully saturated rings. The Labute approximate surface area is 220 Å². The first-order chi connectivity index (χ1) is 18.8. The molecule has 4 aromatic carbocycles. The van der Waals surface area contributed by atoms with Crippen LogP contribution in [0.2, 0.25) is 0 Å². The van der Waals surface area contributed by atoms with E-state index in [0.717, 1.165) is 50.6 Å². The van der Waals surface area contributed by atoms with Crippen molar-refractivity contribution >= 4 is 21.8 Å². The van der Waals surface area contributed by atoms with Crippen LogP contribution in [0.1, 0.15) is 0 Å². The van der Waals surface area contributed by atoms with Crippen molar-refractivity contribution in [2.24, 2.45) is 0 Å². The molecule has 0 radical (unpaired) electrons. The van der Waals surface area contributed by atoms with E-state index < -0.39 is 0 Å². The number of aromatic nitrogens is 3. The molecule has 0 saturated heterocycles. The molecule has 7 rings (SSSR count). The van der Waals surface area contributed by atoms with Gasteiger partial charge >= 0.3 is 0 Å². The van der Waals surface area contributed by atoms with Crippen LogP contribution in [0.3, 0.4) is 0 Å². The van der Waals surface area contributed by atoms with Crippen molar-refractivity contribution in [2.75, 3.05) is 0 Å². The standard InChI is InChI=1S/C34H23N3O/c1-2-9-24(10-3-1)25-18-20-35-31(22-25)26-11-8-12-27(21-26)38-28-16-17-30-29-13-4-5-14-32(29)37(33(30)23-28)34-15-6-7-19-36-34/h1-23H. The number of para-hydroxylation sites is 1. The van der Waals surface area contributed by atoms with Crippen LogP contribution in [-0.4, -0.2) is 14.5 Å². The summed E-state index contributed by atoms with van der Waals surface area (Å²) < 4.78 is 8.58. The second-order valence-electron chi connectivity index (χ2n) is 9.15. The van der Waals surface area contributed by atoms with Gasteiger partial charge in [0.1, 0.15) is 17.3 Å². The van der Waals surface area contributed by atoms with Gasteiger partial charge in [0.25, 0.3) is 0 Å². The molecule has 38 heavy (non-hydrogen) atoms. The van der Waals surface area contributed by atoms with Crippen LogP contribution in [0.15, 0.2) is 140 Å². The molecular formula is C34H23N3O. The molecular weight excluding hydrogens is 466 g/mol. The lowest BCUT2D eigenvalue weighted by atomic mass is 10.0. The van der Waals surface area contributed by atoms with E-state index >= 15 is 0 Å². The van der Waals surface area contributed by atoms with Crippen LogP contribution >= 0.6 is 0 Å². The van der Waals surface area contributed by atoms with E-state index in [2.05, 4.69) is 75.2 Å². The molecule has 0 unspecified atom stereocenters. The Bertz CT molecular complexity index is 1890. The summed E-state index contributed by atoms with van der Waals surface area (Å²) in [6.45, 7) is 0. The predicted molar refractivity (Wildman–Crippen MR) is 154 cm³/mol. The second kappa shape index (κ2) is 9.34. The fraction of sp³-hybridized carbons (Fsp3) is 0. The van der Waals surface area contributed by atoms with E-state index in [0.29, 0.717) is 0 Å². The number of nitrogens with zero attached hydrogens (tertiary/aromatic N) is 3. The maximum atomic E-state index is 6.39. The van der Waals surface area contributed by atoms with Gasteiger partial charge in [-0.15, -0.1) is 0 Å². The van der Waals surface area contributed by atoms with Gasteiger partial charge in [0, 0.05) is 34.8 Å². The monoisotopic (exact) mass is 489 g/mol. The molecule has 180 valence electrons. The Hall–Kier alpha value is -5.22. The summed E-state index contributed by atoms with van der Waals surface area (Å²) in [5.41, 5.74) is 6.38. The highest BCUT2D eigenvalue weighted by molar-refractivity contribution is 6.09. The van der Waals surface area contributed by atoms with E-state index in [9.17, 15) is 0 Å². The quantitative estimate of drug-likeness (QED) is 0.243. The van der Waals surface area contributed by atoms with E-state index in [1.165, 1.54) is 10.9 Å². The van der Waals surface area contributed by atoms with Crippen LogP contribution in [0.4, 0.5) is 0 Å². The van der Waals surface area contributed by atoms with Crippen molar-refractivity contribution in [1.29, 1.82) is 0 Å². The lowest BCUT2D eigenvalue weighted by Gasteiger charge is -2.10. The maximum absolute atomic E-state index is 6.39. The first-order valence-corrected chi connectivity index (χ1v) is 12.6. The fourth-order valence-corrected chi connectivity index (χ4v) is 5.00. The van der Waals surface area contributed by atoms with Gasteiger partial charge in [0.05, 0.1) is 16.7 Å². The van der Waals surface area contributed by atoms with Gasteiger partial charge < -0.3 is 4.74 Å². The van der Waals surface area contributed by atoms with E-state index in [4.69, 9.17) is 4.74 Å². The zero-order valence-corrected chi connectivity index (χ0v) is 20.5. The van der Waals surface area contributed by atoms with Crippen molar-refractivity contribution in [1.82, 2.24) is 14.5 Å². The smallest absolute Gasteiger partial charge is 0.137 e. The number of ether oxygens (including phenoxy) is 1. The molecule has 0 bridgehead atoms. The number of fused-ring (bicyclic) bond motifs is 3. The molecule has 4 heteroatoms. The lowest BCUT2D eigenvalue weighted by Crippen LogP contribution is -1.96. The number of pyridine rings is 2. The third-order valence-electron chi connectivity index (χ3n) is 6.76. The van der Waals surface area contributed by atoms with Crippen LogP contribution in [0, 0.1) is 0 Å². The first-order valence-electron chi connectivity index (χ1n) is 12.6. The van der Waals surface area contributed by atoms with Gasteiger partial charge in [-0.25, -0.2) is 4.98 Å². The highest BCUT2D eigenvalue weighted by Crippen LogP contribution is 2.35. The van der Waals surface area contributed by atoms with Crippen LogP contribution in [0.25, 0.3) is 50.0 Å². The summed E-state index contributed by atoms with van der Waals surface area (Å²) in [6, 6.07) is 43.2. The maximum Gasteiger partial charge on any atom is 0.137 e. The van der Waals surface area contributed by atoms with Crippen LogP contribution in [-0.2, 0) is 0 Å². The predicted octanol–water partition coefficient (Wildman–Crippen LogP) is 8.70. The van der Waals surface area contributed by atoms with Gasteiger partial charge in [-0.05, 0) is 65.7 Å². The Kier molecular flexibility index (Phi) is 5.41. The van der Waals surface area contributed by atoms with E-state index in [-0.39, 0.29) is 0 Å². The summed E-state index contributed by atoms with van der Waals surface area (Å²) in [7, 11) is 0. The summed E-state index contributed by atoms with van der Waals surface area (Å²) >= 11 is 0. The molecule has 0 aliphatic carbocycles. The topological polar surface area (TPSA) is 39.9 Å². The van der Waals surface area contributed by atoms with E-state index in [1.54, 1.807) is 0 Å². The Morgan fingerprint density at radius 1 is 0.474 bits per heavy atom. The normalized spacial score (nSPS) is 11.2. The zero-order chi connectivity index (χ0) is 25.3. The molecule has 0 saturated carbocycles. The molecule has 3 heterocycles. The number of rotatable bonds is 5. The average molecular weight is 490 g/mol. The lowest BCUT2D eigenvalue weighted by molar-refractivity contribution is 0.483. The molecule has 0 atom stereocenters. The molecule has 7 aromatic rings. The Morgan fingerprint density at radius 2 is 1.26 bits per heavy atom. The van der Waals surface area contributed by atoms with Gasteiger partial charge in [0.15, 0.2) is 0 Å². The number of hydrogen-bond donors (Lipinski definition) is 0. The third-order valence-corrected chi connectivity index (χ3v) is 6.76. The van der Waals surface area contributed by atoms with E-state index in [1.807, 2.05) is 79.1 Å². The molecule has 0 N–H and O–H groups in total. The highest BCUT2D eigenvalue weighted by atomic mass is 16.5. The minimum Gasteiger partial charge on any atom is -0.457 e. The molecule has 3 aromatic heterocycles. The van der Waals surface area contributed by atoms with Crippen molar-refractivity contribution in [3.8, 4) is 39.7 Å². The molecule has 0 amide bonds. The summed E-state index contributed by atoms with van der Waals surface area (Å²) in [5.74, 6) is 2.40. The number of hydrogen-bond acceptors (Lipinski definition) is 3. The van der Waals surface area contributed by atoms with Gasteiger partial charge in [-0.1, -0.05) is 66.7 Å². The first kappa shape index (κ1) is 22.0. The average Bonchev–Trinajstić information content (AvgIpc) is 3.32. The Morgan fingerprint density at radius 3 is 2.16 bits per heavy atom. The SMILES string of the molecule is c1ccc(-c2ccnc(-c3cccc(Oc4ccc5c6ccccc6n(-c6ccccn6)c5c4)c3)c2)cc1. The van der Waals surface area contributed by atoms with Gasteiger partial charge in [-0.3, -0.25) is 9.55 Å². The zero-order valence-electron chi connectivity index (χ0n) is 20.5. The van der Waals surface area contributed by atoms with Crippen molar-refractivity contribution < 1.29 is 4.74 Å². The highest BCUT2D eigenvalue weighted by Gasteiger charge is 2.14. The van der Waals surface area contributed by atoms with Crippen molar-refractivity contribution in [3.63, 3.8) is 0 Å². The summed E-state index contributed by atoms with van der Waals surface area (Å²) in [5, 5.41) is 2.35. The fourth-order valence-electron chi connectivity index (χ4n) is 5.00. The summed E-state index contributed by atoms with van der Waals surface area (Å²) in [6.07, 6.45) is 3.68. The third kappa shape index (κ3) is 3.98. The molecule has 4 nitrogen and oxygen atoms in total. The van der Waals surface area contributed by atoms with Crippen LogP contribution < -0.4 is 4.74 Å². The van der Waals surface area contributed by atoms with Crippen LogP contribution in [0.5, 0.6) is 11.5 Å². The minimum absolute atomic E-state index is 0.759. The minimum atomic E-state index is 0.759. The largest absolute Gasteiger partial charge is 0.457 e. The number of benzene rings is 4. The van der Waals surface area contributed by atoms with Crippen molar-refractivity contribution in [3.05, 3.63) is 140 Å². The van der Waals surface area contributed by atoms with Gasteiger partial charge in [-0.2, -0.15) is 0 Å². The molecule has 0 aliphatic rings.